The van der Waals surface area contributed by atoms with Crippen LogP contribution in [0.2, 0.25) is 0 Å². The predicted octanol–water partition coefficient (Wildman–Crippen LogP) is 2.15. The van der Waals surface area contributed by atoms with Crippen LogP contribution in [0.5, 0.6) is 11.5 Å². The van der Waals surface area contributed by atoms with Crippen molar-refractivity contribution in [2.45, 2.75) is 40.8 Å². The molecule has 0 radical (unpaired) electrons. The van der Waals surface area contributed by atoms with Crippen LogP contribution in [0.15, 0.2) is 68.3 Å². The molecule has 40 heavy (non-hydrogen) atoms. The minimum absolute atomic E-state index is 0.0162. The van der Waals surface area contributed by atoms with Crippen LogP contribution in [0.4, 0.5) is 0 Å². The molecule has 0 spiro atoms. The van der Waals surface area contributed by atoms with E-state index in [4.69, 9.17) is 0 Å². The zero-order valence-electron chi connectivity index (χ0n) is 22.3. The standard InChI is InChI=1S/C28H28N6O6/c1-5-33-19-13-9-7-11-17(19)23(35)21(27(33)39)15(3)29-31-25(37)26(38)32-30-16(4)22-24(36)18-12-8-10-14-20(18)34(6-2)28(22)40/h7-14,35-36H,5-6H2,1-4H3,(H,31,37)(H,32,38). The summed E-state index contributed by atoms with van der Waals surface area (Å²) in [7, 11) is 0. The van der Waals surface area contributed by atoms with Crippen LogP contribution in [0.25, 0.3) is 21.8 Å². The fourth-order valence-electron chi connectivity index (χ4n) is 4.54. The van der Waals surface area contributed by atoms with Gasteiger partial charge in [0.15, 0.2) is 0 Å². The highest BCUT2D eigenvalue weighted by atomic mass is 16.3. The number of hydrogen-bond donors (Lipinski definition) is 4. The highest BCUT2D eigenvalue weighted by Gasteiger charge is 2.21. The lowest BCUT2D eigenvalue weighted by Crippen LogP contribution is -2.37. The van der Waals surface area contributed by atoms with E-state index in [9.17, 15) is 29.4 Å². The number of aromatic hydroxyl groups is 2. The minimum atomic E-state index is -1.21. The molecule has 4 N–H and O–H groups in total. The first kappa shape index (κ1) is 27.8. The van der Waals surface area contributed by atoms with E-state index < -0.39 is 22.9 Å². The fraction of sp³-hybridized carbons (Fsp3) is 0.214. The molecule has 12 nitrogen and oxygen atoms in total. The molecule has 0 bridgehead atoms. The van der Waals surface area contributed by atoms with Gasteiger partial charge in [-0.3, -0.25) is 19.2 Å². The summed E-state index contributed by atoms with van der Waals surface area (Å²) >= 11 is 0. The monoisotopic (exact) mass is 544 g/mol. The number of pyridine rings is 2. The summed E-state index contributed by atoms with van der Waals surface area (Å²) < 4.78 is 2.92. The van der Waals surface area contributed by atoms with E-state index in [0.717, 1.165) is 0 Å². The Balaban J connectivity index is 1.57. The van der Waals surface area contributed by atoms with Crippen molar-refractivity contribution in [2.75, 3.05) is 0 Å². The summed E-state index contributed by atoms with van der Waals surface area (Å²) in [5.41, 5.74) is 3.89. The molecule has 0 atom stereocenters. The molecule has 0 aliphatic rings. The number of benzene rings is 2. The van der Waals surface area contributed by atoms with Crippen molar-refractivity contribution in [3.8, 4) is 11.5 Å². The van der Waals surface area contributed by atoms with E-state index in [1.54, 1.807) is 62.4 Å². The number of aryl methyl sites for hydroxylation is 2. The van der Waals surface area contributed by atoms with E-state index in [-0.39, 0.29) is 34.0 Å². The molecular weight excluding hydrogens is 516 g/mol. The van der Waals surface area contributed by atoms with E-state index in [2.05, 4.69) is 10.2 Å². The molecule has 0 aliphatic carbocycles. The molecule has 12 heteroatoms. The van der Waals surface area contributed by atoms with Gasteiger partial charge in [0.1, 0.15) is 22.6 Å². The summed E-state index contributed by atoms with van der Waals surface area (Å²) in [6.45, 7) is 7.06. The third kappa shape index (κ3) is 4.82. The number of hydrogen-bond acceptors (Lipinski definition) is 8. The van der Waals surface area contributed by atoms with Crippen LogP contribution in [-0.4, -0.2) is 42.6 Å². The van der Waals surface area contributed by atoms with E-state index in [1.165, 1.54) is 23.0 Å². The molecule has 0 saturated carbocycles. The van der Waals surface area contributed by atoms with Crippen molar-refractivity contribution in [1.82, 2.24) is 20.0 Å². The van der Waals surface area contributed by atoms with E-state index in [1.807, 2.05) is 10.9 Å². The highest BCUT2D eigenvalue weighted by Crippen LogP contribution is 2.27. The fourth-order valence-corrected chi connectivity index (χ4v) is 4.54. The molecule has 0 fully saturated rings. The molecule has 4 rings (SSSR count). The smallest absolute Gasteiger partial charge is 0.331 e. The number of carbonyl (C=O) groups is 2. The second kappa shape index (κ2) is 11.2. The highest BCUT2D eigenvalue weighted by molar-refractivity contribution is 6.35. The van der Waals surface area contributed by atoms with Crippen LogP contribution in [-0.2, 0) is 22.7 Å². The number of hydrazone groups is 2. The van der Waals surface area contributed by atoms with Crippen molar-refractivity contribution in [1.29, 1.82) is 0 Å². The number of rotatable bonds is 6. The van der Waals surface area contributed by atoms with E-state index >= 15 is 0 Å². The average molecular weight is 545 g/mol. The molecule has 2 aromatic heterocycles. The summed E-state index contributed by atoms with van der Waals surface area (Å²) in [6, 6.07) is 13.7. The first-order valence-corrected chi connectivity index (χ1v) is 12.5. The number of amides is 2. The third-order valence-electron chi connectivity index (χ3n) is 6.50. The molecular formula is C28H28N6O6. The van der Waals surface area contributed by atoms with Gasteiger partial charge in [-0.15, -0.1) is 0 Å². The van der Waals surface area contributed by atoms with Gasteiger partial charge in [-0.25, -0.2) is 10.9 Å². The average Bonchev–Trinajstić information content (AvgIpc) is 2.95. The number of fused-ring (bicyclic) bond motifs is 2. The van der Waals surface area contributed by atoms with Gasteiger partial charge in [0, 0.05) is 23.9 Å². The molecule has 2 heterocycles. The second-order valence-electron chi connectivity index (χ2n) is 8.86. The third-order valence-corrected chi connectivity index (χ3v) is 6.50. The van der Waals surface area contributed by atoms with Crippen LogP contribution in [0.3, 0.4) is 0 Å². The maximum absolute atomic E-state index is 13.0. The Hall–Kier alpha value is -5.26. The van der Waals surface area contributed by atoms with Crippen molar-refractivity contribution in [2.24, 2.45) is 10.2 Å². The SMILES string of the molecule is CCn1c(=O)c(C(C)=NNC(=O)C(=O)NN=C(C)c2c(O)c3ccccc3n(CC)c2=O)c(O)c2ccccc21. The lowest BCUT2D eigenvalue weighted by Gasteiger charge is -2.13. The maximum Gasteiger partial charge on any atom is 0.331 e. The van der Waals surface area contributed by atoms with Gasteiger partial charge >= 0.3 is 11.8 Å². The molecule has 2 amide bonds. The van der Waals surface area contributed by atoms with Crippen LogP contribution < -0.4 is 22.0 Å². The topological polar surface area (TPSA) is 167 Å². The Labute approximate surface area is 227 Å². The lowest BCUT2D eigenvalue weighted by atomic mass is 10.1. The Morgan fingerprint density at radius 2 is 1.05 bits per heavy atom. The quantitative estimate of drug-likeness (QED) is 0.165. The Morgan fingerprint density at radius 3 is 1.40 bits per heavy atom. The van der Waals surface area contributed by atoms with Crippen LogP contribution >= 0.6 is 0 Å². The normalized spacial score (nSPS) is 12.1. The molecule has 2 aromatic carbocycles. The van der Waals surface area contributed by atoms with Crippen molar-refractivity contribution in [3.63, 3.8) is 0 Å². The second-order valence-corrected chi connectivity index (χ2v) is 8.86. The summed E-state index contributed by atoms with van der Waals surface area (Å²) in [5.74, 6) is -3.00. The number of para-hydroxylation sites is 2. The van der Waals surface area contributed by atoms with E-state index in [0.29, 0.717) is 34.9 Å². The van der Waals surface area contributed by atoms with Crippen molar-refractivity contribution >= 4 is 45.0 Å². The van der Waals surface area contributed by atoms with Gasteiger partial charge in [-0.2, -0.15) is 10.2 Å². The molecule has 0 aliphatic heterocycles. The maximum atomic E-state index is 13.0. The number of carbonyl (C=O) groups excluding carboxylic acids is 2. The molecule has 206 valence electrons. The van der Waals surface area contributed by atoms with Gasteiger partial charge in [0.05, 0.1) is 22.5 Å². The van der Waals surface area contributed by atoms with Gasteiger partial charge in [-0.1, -0.05) is 24.3 Å². The zero-order chi connectivity index (χ0) is 29.1. The summed E-state index contributed by atoms with van der Waals surface area (Å²) in [6.07, 6.45) is 0. The van der Waals surface area contributed by atoms with Gasteiger partial charge < -0.3 is 19.3 Å². The zero-order valence-corrected chi connectivity index (χ0v) is 22.3. The number of aromatic nitrogens is 2. The predicted molar refractivity (Wildman–Crippen MR) is 152 cm³/mol. The molecule has 4 aromatic rings. The summed E-state index contributed by atoms with van der Waals surface area (Å²) in [4.78, 5) is 50.8. The van der Waals surface area contributed by atoms with Crippen LogP contribution in [0.1, 0.15) is 38.8 Å². The van der Waals surface area contributed by atoms with Gasteiger partial charge in [0.25, 0.3) is 11.1 Å². The largest absolute Gasteiger partial charge is 0.506 e. The van der Waals surface area contributed by atoms with Gasteiger partial charge in [-0.05, 0) is 52.0 Å². The van der Waals surface area contributed by atoms with Crippen molar-refractivity contribution in [3.05, 3.63) is 80.4 Å². The first-order chi connectivity index (χ1) is 19.1. The van der Waals surface area contributed by atoms with Gasteiger partial charge in [0.2, 0.25) is 0 Å². The summed E-state index contributed by atoms with van der Waals surface area (Å²) in [5, 5.41) is 30.0. The first-order valence-electron chi connectivity index (χ1n) is 12.5. The van der Waals surface area contributed by atoms with Crippen LogP contribution in [0, 0.1) is 0 Å². The number of nitrogens with zero attached hydrogens (tertiary/aromatic N) is 4. The Morgan fingerprint density at radius 1 is 0.700 bits per heavy atom. The Kier molecular flexibility index (Phi) is 7.80. The molecule has 0 unspecified atom stereocenters. The number of nitrogens with one attached hydrogen (secondary N) is 2. The van der Waals surface area contributed by atoms with Crippen molar-refractivity contribution < 1.29 is 19.8 Å². The minimum Gasteiger partial charge on any atom is -0.506 e. The lowest BCUT2D eigenvalue weighted by molar-refractivity contribution is -0.139. The Bertz CT molecular complexity index is 1720. The molecule has 0 saturated heterocycles.